The highest BCUT2D eigenvalue weighted by Crippen LogP contribution is 2.31. The lowest BCUT2D eigenvalue weighted by atomic mass is 10.1. The number of hydrogen-bond acceptors (Lipinski definition) is 6. The summed E-state index contributed by atoms with van der Waals surface area (Å²) in [6.45, 7) is 0.532. The fraction of sp³-hybridized carbons (Fsp3) is 0.0870. The van der Waals surface area contributed by atoms with Crippen molar-refractivity contribution in [3.05, 3.63) is 83.3 Å². The van der Waals surface area contributed by atoms with Crippen molar-refractivity contribution < 1.29 is 9.21 Å². The van der Waals surface area contributed by atoms with Crippen LogP contribution in [0.3, 0.4) is 0 Å². The molecule has 154 valence electrons. The number of thiophene rings is 1. The lowest BCUT2D eigenvalue weighted by Gasteiger charge is -2.12. The lowest BCUT2D eigenvalue weighted by Crippen LogP contribution is -2.24. The zero-order chi connectivity index (χ0) is 21.0. The summed E-state index contributed by atoms with van der Waals surface area (Å²) in [6.07, 6.45) is 1.61. The highest BCUT2D eigenvalue weighted by Gasteiger charge is 2.20. The summed E-state index contributed by atoms with van der Waals surface area (Å²) in [7, 11) is 0. The van der Waals surface area contributed by atoms with Crippen LogP contribution in [0.15, 0.2) is 87.9 Å². The van der Waals surface area contributed by atoms with E-state index in [-0.39, 0.29) is 11.7 Å². The molecule has 1 amide bonds. The van der Waals surface area contributed by atoms with Gasteiger partial charge < -0.3 is 9.73 Å². The molecule has 0 fully saturated rings. The average molecular weight is 447 g/mol. The largest absolute Gasteiger partial charge is 0.461 e. The van der Waals surface area contributed by atoms with Crippen molar-refractivity contribution in [2.24, 2.45) is 0 Å². The quantitative estimate of drug-likeness (QED) is 0.350. The molecule has 3 aromatic heterocycles. The van der Waals surface area contributed by atoms with Crippen molar-refractivity contribution >= 4 is 39.8 Å². The average Bonchev–Trinajstić information content (AvgIpc) is 3.57. The molecule has 5 aromatic rings. The van der Waals surface area contributed by atoms with E-state index in [9.17, 15) is 4.79 Å². The molecule has 0 saturated carbocycles. The van der Waals surface area contributed by atoms with Gasteiger partial charge in [0, 0.05) is 10.3 Å². The predicted octanol–water partition coefficient (Wildman–Crippen LogP) is 5.15. The number of aromatic nitrogens is 3. The normalized spacial score (nSPS) is 11.1. The highest BCUT2D eigenvalue weighted by atomic mass is 32.2. The number of thioether (sulfide) groups is 1. The maximum atomic E-state index is 12.4. The Morgan fingerprint density at radius 3 is 2.77 bits per heavy atom. The van der Waals surface area contributed by atoms with Gasteiger partial charge in [0.25, 0.3) is 0 Å². The smallest absolute Gasteiger partial charge is 0.230 e. The number of hydrogen-bond donors (Lipinski definition) is 1. The zero-order valence-electron chi connectivity index (χ0n) is 16.4. The third kappa shape index (κ3) is 4.12. The fourth-order valence-electron chi connectivity index (χ4n) is 3.33. The van der Waals surface area contributed by atoms with Crippen LogP contribution in [0.4, 0.5) is 0 Å². The summed E-state index contributed by atoms with van der Waals surface area (Å²) in [5.74, 6) is 1.41. The van der Waals surface area contributed by atoms with Gasteiger partial charge in [0.2, 0.25) is 11.7 Å². The number of fused-ring (bicyclic) bond motifs is 1. The first kappa shape index (κ1) is 19.6. The Balaban J connectivity index is 1.46. The van der Waals surface area contributed by atoms with Crippen molar-refractivity contribution in [2.75, 3.05) is 5.75 Å². The van der Waals surface area contributed by atoms with E-state index < -0.39 is 0 Å². The minimum atomic E-state index is -0.0505. The number of nitrogens with zero attached hydrogens (tertiary/aromatic N) is 3. The summed E-state index contributed by atoms with van der Waals surface area (Å²) >= 11 is 2.98. The van der Waals surface area contributed by atoms with Crippen LogP contribution in [0.1, 0.15) is 4.88 Å². The van der Waals surface area contributed by atoms with Gasteiger partial charge in [-0.1, -0.05) is 54.2 Å². The van der Waals surface area contributed by atoms with Crippen LogP contribution in [0, 0.1) is 0 Å². The fourth-order valence-corrected chi connectivity index (χ4v) is 4.75. The molecule has 8 heteroatoms. The number of benzene rings is 2. The molecular formula is C23H18N4O2S2. The molecule has 0 radical (unpaired) electrons. The maximum Gasteiger partial charge on any atom is 0.230 e. The minimum Gasteiger partial charge on any atom is -0.461 e. The van der Waals surface area contributed by atoms with E-state index in [1.165, 1.54) is 11.8 Å². The summed E-state index contributed by atoms with van der Waals surface area (Å²) in [4.78, 5) is 13.5. The first-order valence-electron chi connectivity index (χ1n) is 9.69. The second kappa shape index (κ2) is 8.79. The van der Waals surface area contributed by atoms with Gasteiger partial charge in [0.05, 0.1) is 24.2 Å². The topological polar surface area (TPSA) is 73.0 Å². The van der Waals surface area contributed by atoms with E-state index in [1.54, 1.807) is 17.6 Å². The lowest BCUT2D eigenvalue weighted by molar-refractivity contribution is -0.118. The second-order valence-electron chi connectivity index (χ2n) is 6.76. The van der Waals surface area contributed by atoms with Crippen molar-refractivity contribution in [2.45, 2.75) is 11.7 Å². The molecule has 0 saturated heterocycles. The summed E-state index contributed by atoms with van der Waals surface area (Å²) in [5.41, 5.74) is 0.941. The Kier molecular flexibility index (Phi) is 5.56. The monoisotopic (exact) mass is 446 g/mol. The van der Waals surface area contributed by atoms with Gasteiger partial charge in [-0.25, -0.2) is 0 Å². The van der Waals surface area contributed by atoms with Crippen molar-refractivity contribution in [1.82, 2.24) is 20.1 Å². The molecule has 1 N–H and O–H groups in total. The number of rotatable bonds is 7. The summed E-state index contributed by atoms with van der Waals surface area (Å²) in [5, 5.41) is 16.5. The van der Waals surface area contributed by atoms with Crippen LogP contribution in [-0.4, -0.2) is 26.4 Å². The first-order chi connectivity index (χ1) is 15.3. The van der Waals surface area contributed by atoms with Crippen LogP contribution in [0.5, 0.6) is 0 Å². The standard InChI is InChI=1S/C23H18N4O2S2/c28-21(24-14-17-8-5-13-30-17)15-31-23-26-25-22(20-11-4-12-29-20)27(23)19-10-3-7-16-6-1-2-9-18(16)19/h1-13H,14-15H2,(H,24,28). The van der Waals surface area contributed by atoms with Gasteiger partial charge >= 0.3 is 0 Å². The zero-order valence-corrected chi connectivity index (χ0v) is 18.0. The molecule has 0 spiro atoms. The number of amides is 1. The molecule has 5 rings (SSSR count). The van der Waals surface area contributed by atoms with Crippen LogP contribution in [0.25, 0.3) is 28.0 Å². The van der Waals surface area contributed by atoms with Gasteiger partial charge in [0.15, 0.2) is 10.9 Å². The molecule has 6 nitrogen and oxygen atoms in total. The molecule has 0 bridgehead atoms. The molecule has 0 aliphatic rings. The number of nitrogens with one attached hydrogen (secondary N) is 1. The van der Waals surface area contributed by atoms with Gasteiger partial charge in [-0.15, -0.1) is 21.5 Å². The Morgan fingerprint density at radius 1 is 1.03 bits per heavy atom. The molecule has 31 heavy (non-hydrogen) atoms. The molecule has 0 aliphatic heterocycles. The van der Waals surface area contributed by atoms with E-state index in [4.69, 9.17) is 4.42 Å². The highest BCUT2D eigenvalue weighted by molar-refractivity contribution is 7.99. The third-order valence-electron chi connectivity index (χ3n) is 4.75. The first-order valence-corrected chi connectivity index (χ1v) is 11.6. The van der Waals surface area contributed by atoms with E-state index in [1.807, 2.05) is 58.5 Å². The van der Waals surface area contributed by atoms with E-state index in [0.29, 0.717) is 23.3 Å². The second-order valence-corrected chi connectivity index (χ2v) is 8.74. The molecule has 0 atom stereocenters. The van der Waals surface area contributed by atoms with Crippen molar-refractivity contribution in [3.63, 3.8) is 0 Å². The number of carbonyl (C=O) groups is 1. The van der Waals surface area contributed by atoms with Gasteiger partial charge in [-0.2, -0.15) is 0 Å². The van der Waals surface area contributed by atoms with Crippen LogP contribution < -0.4 is 5.32 Å². The van der Waals surface area contributed by atoms with E-state index >= 15 is 0 Å². The van der Waals surface area contributed by atoms with Gasteiger partial charge in [-0.05, 0) is 35.0 Å². The van der Waals surface area contributed by atoms with Crippen molar-refractivity contribution in [1.29, 1.82) is 0 Å². The van der Waals surface area contributed by atoms with E-state index in [0.717, 1.165) is 21.3 Å². The Bertz CT molecular complexity index is 1310. The Hall–Kier alpha value is -3.36. The minimum absolute atomic E-state index is 0.0505. The predicted molar refractivity (Wildman–Crippen MR) is 123 cm³/mol. The molecule has 0 aliphatic carbocycles. The molecular weight excluding hydrogens is 428 g/mol. The summed E-state index contributed by atoms with van der Waals surface area (Å²) in [6, 6.07) is 21.9. The van der Waals surface area contributed by atoms with Gasteiger partial charge in [-0.3, -0.25) is 9.36 Å². The van der Waals surface area contributed by atoms with Crippen molar-refractivity contribution in [3.8, 4) is 17.3 Å². The molecule has 2 aromatic carbocycles. The van der Waals surface area contributed by atoms with E-state index in [2.05, 4.69) is 33.7 Å². The summed E-state index contributed by atoms with van der Waals surface area (Å²) < 4.78 is 7.56. The van der Waals surface area contributed by atoms with Crippen LogP contribution in [-0.2, 0) is 11.3 Å². The van der Waals surface area contributed by atoms with Gasteiger partial charge in [0.1, 0.15) is 0 Å². The number of carbonyl (C=O) groups excluding carboxylic acids is 1. The SMILES string of the molecule is O=C(CSc1nnc(-c2ccco2)n1-c1cccc2ccccc12)NCc1cccs1. The Morgan fingerprint density at radius 2 is 1.94 bits per heavy atom. The molecule has 0 unspecified atom stereocenters. The third-order valence-corrected chi connectivity index (χ3v) is 6.56. The number of furan rings is 1. The molecule has 3 heterocycles. The Labute approximate surface area is 186 Å². The van der Waals surface area contributed by atoms with Crippen LogP contribution in [0.2, 0.25) is 0 Å². The maximum absolute atomic E-state index is 12.4. The van der Waals surface area contributed by atoms with Crippen LogP contribution >= 0.6 is 23.1 Å².